The highest BCUT2D eigenvalue weighted by atomic mass is 32.2. The molecule has 2 aromatic rings. The quantitative estimate of drug-likeness (QED) is 0.770. The number of aromatic nitrogens is 1. The van der Waals surface area contributed by atoms with Crippen LogP contribution in [0.25, 0.3) is 11.3 Å². The Morgan fingerprint density at radius 3 is 2.40 bits per heavy atom. The number of hydrogen-bond acceptors (Lipinski definition) is 6. The molecule has 0 spiro atoms. The second-order valence-electron chi connectivity index (χ2n) is 5.73. The van der Waals surface area contributed by atoms with Gasteiger partial charge < -0.3 is 9.64 Å². The van der Waals surface area contributed by atoms with E-state index in [1.165, 1.54) is 4.31 Å². The summed E-state index contributed by atoms with van der Waals surface area (Å²) >= 11 is 1.61. The molecule has 0 amide bonds. The van der Waals surface area contributed by atoms with Crippen LogP contribution in [0, 0.1) is 0 Å². The molecule has 1 aliphatic heterocycles. The molecule has 0 saturated carbocycles. The largest absolute Gasteiger partial charge is 0.378 e. The van der Waals surface area contributed by atoms with Crippen LogP contribution in [0.15, 0.2) is 34.5 Å². The van der Waals surface area contributed by atoms with E-state index in [4.69, 9.17) is 9.72 Å². The average Bonchev–Trinajstić information content (AvgIpc) is 3.13. The molecule has 0 unspecified atom stereocenters. The highest BCUT2D eigenvalue weighted by Gasteiger charge is 2.21. The van der Waals surface area contributed by atoms with Gasteiger partial charge in [-0.15, -0.1) is 11.3 Å². The molecule has 1 fully saturated rings. The minimum atomic E-state index is -3.42. The van der Waals surface area contributed by atoms with E-state index in [0.29, 0.717) is 18.0 Å². The Kier molecular flexibility index (Phi) is 5.73. The zero-order valence-corrected chi connectivity index (χ0v) is 16.1. The average molecular weight is 382 g/mol. The van der Waals surface area contributed by atoms with Gasteiger partial charge in [0.15, 0.2) is 5.13 Å². The van der Waals surface area contributed by atoms with E-state index in [1.807, 2.05) is 31.4 Å². The number of ether oxygens (including phenoxy) is 1. The summed E-state index contributed by atoms with van der Waals surface area (Å²) in [6.45, 7) is 7.79. The molecular weight excluding hydrogens is 358 g/mol. The van der Waals surface area contributed by atoms with E-state index in [2.05, 4.69) is 4.90 Å². The number of nitrogens with zero attached hydrogens (tertiary/aromatic N) is 3. The summed E-state index contributed by atoms with van der Waals surface area (Å²) in [5, 5.41) is 3.00. The molecule has 0 radical (unpaired) electrons. The SMILES string of the molecule is CCN(CC)S(=O)(=O)c1ccc(-c2csc(N3CCOCC3)n2)cc1. The number of morpholine rings is 1. The molecule has 25 heavy (non-hydrogen) atoms. The zero-order valence-electron chi connectivity index (χ0n) is 14.5. The monoisotopic (exact) mass is 381 g/mol. The van der Waals surface area contributed by atoms with Crippen molar-refractivity contribution in [3.05, 3.63) is 29.6 Å². The van der Waals surface area contributed by atoms with Crippen LogP contribution in [0.4, 0.5) is 5.13 Å². The molecule has 8 heteroatoms. The first-order chi connectivity index (χ1) is 12.1. The third kappa shape index (κ3) is 3.87. The fourth-order valence-corrected chi connectivity index (χ4v) is 5.15. The number of sulfonamides is 1. The number of rotatable bonds is 6. The van der Waals surface area contributed by atoms with E-state index in [0.717, 1.165) is 42.7 Å². The summed E-state index contributed by atoms with van der Waals surface area (Å²) in [7, 11) is -3.42. The van der Waals surface area contributed by atoms with Crippen LogP contribution in [0.3, 0.4) is 0 Å². The lowest BCUT2D eigenvalue weighted by molar-refractivity contribution is 0.122. The van der Waals surface area contributed by atoms with Gasteiger partial charge >= 0.3 is 0 Å². The van der Waals surface area contributed by atoms with E-state index >= 15 is 0 Å². The fourth-order valence-electron chi connectivity index (χ4n) is 2.81. The summed E-state index contributed by atoms with van der Waals surface area (Å²) in [6.07, 6.45) is 0. The summed E-state index contributed by atoms with van der Waals surface area (Å²) < 4.78 is 31.9. The highest BCUT2D eigenvalue weighted by molar-refractivity contribution is 7.89. The predicted molar refractivity (Wildman–Crippen MR) is 101 cm³/mol. The third-order valence-electron chi connectivity index (χ3n) is 4.27. The van der Waals surface area contributed by atoms with Gasteiger partial charge in [0.1, 0.15) is 0 Å². The molecule has 1 aromatic heterocycles. The third-order valence-corrected chi connectivity index (χ3v) is 7.23. The van der Waals surface area contributed by atoms with Crippen LogP contribution in [0.1, 0.15) is 13.8 Å². The van der Waals surface area contributed by atoms with Gasteiger partial charge in [-0.25, -0.2) is 13.4 Å². The van der Waals surface area contributed by atoms with E-state index < -0.39 is 10.0 Å². The standard InChI is InChI=1S/C17H23N3O3S2/c1-3-20(4-2)25(21,22)15-7-5-14(6-8-15)16-13-24-17(18-16)19-9-11-23-12-10-19/h5-8,13H,3-4,9-12H2,1-2H3. The summed E-state index contributed by atoms with van der Waals surface area (Å²) in [5.74, 6) is 0. The Hall–Kier alpha value is -1.48. The minimum Gasteiger partial charge on any atom is -0.378 e. The molecule has 1 aliphatic rings. The molecule has 0 aliphatic carbocycles. The summed E-state index contributed by atoms with van der Waals surface area (Å²) in [6, 6.07) is 6.98. The Bertz CT molecular complexity index is 793. The summed E-state index contributed by atoms with van der Waals surface area (Å²) in [4.78, 5) is 7.23. The smallest absolute Gasteiger partial charge is 0.243 e. The maximum atomic E-state index is 12.5. The molecule has 0 atom stereocenters. The van der Waals surface area contributed by atoms with Crippen molar-refractivity contribution in [1.29, 1.82) is 0 Å². The molecule has 3 rings (SSSR count). The van der Waals surface area contributed by atoms with Crippen molar-refractivity contribution in [2.45, 2.75) is 18.7 Å². The van der Waals surface area contributed by atoms with Gasteiger partial charge in [-0.1, -0.05) is 26.0 Å². The van der Waals surface area contributed by atoms with Crippen LogP contribution in [-0.2, 0) is 14.8 Å². The number of anilines is 1. The van der Waals surface area contributed by atoms with E-state index in [9.17, 15) is 8.42 Å². The lowest BCUT2D eigenvalue weighted by Gasteiger charge is -2.26. The minimum absolute atomic E-state index is 0.323. The zero-order chi connectivity index (χ0) is 17.9. The maximum Gasteiger partial charge on any atom is 0.243 e. The second-order valence-corrected chi connectivity index (χ2v) is 8.50. The molecule has 1 saturated heterocycles. The van der Waals surface area contributed by atoms with Crippen LogP contribution in [0.5, 0.6) is 0 Å². The van der Waals surface area contributed by atoms with Crippen molar-refractivity contribution >= 4 is 26.5 Å². The summed E-state index contributed by atoms with van der Waals surface area (Å²) in [5.41, 5.74) is 1.80. The van der Waals surface area contributed by atoms with Crippen LogP contribution in [-0.4, -0.2) is 57.1 Å². The molecule has 6 nitrogen and oxygen atoms in total. The molecule has 2 heterocycles. The lowest BCUT2D eigenvalue weighted by Crippen LogP contribution is -2.36. The normalized spacial score (nSPS) is 15.7. The van der Waals surface area contributed by atoms with Gasteiger partial charge in [0, 0.05) is 37.1 Å². The topological polar surface area (TPSA) is 62.7 Å². The molecule has 0 bridgehead atoms. The Labute approximate surface area is 153 Å². The molecule has 136 valence electrons. The number of hydrogen-bond donors (Lipinski definition) is 0. The lowest BCUT2D eigenvalue weighted by atomic mass is 10.2. The highest BCUT2D eigenvalue weighted by Crippen LogP contribution is 2.29. The van der Waals surface area contributed by atoms with Gasteiger partial charge in [0.25, 0.3) is 0 Å². The van der Waals surface area contributed by atoms with E-state index in [1.54, 1.807) is 23.5 Å². The van der Waals surface area contributed by atoms with Gasteiger partial charge in [0.2, 0.25) is 10.0 Å². The first kappa shape index (κ1) is 18.3. The van der Waals surface area contributed by atoms with Crippen LogP contribution in [0.2, 0.25) is 0 Å². The van der Waals surface area contributed by atoms with Crippen molar-refractivity contribution in [3.8, 4) is 11.3 Å². The van der Waals surface area contributed by atoms with Gasteiger partial charge in [-0.05, 0) is 12.1 Å². The Morgan fingerprint density at radius 2 is 1.80 bits per heavy atom. The first-order valence-corrected chi connectivity index (χ1v) is 10.8. The van der Waals surface area contributed by atoms with Crippen LogP contribution < -0.4 is 4.90 Å². The van der Waals surface area contributed by atoms with Crippen molar-refractivity contribution in [2.24, 2.45) is 0 Å². The fraction of sp³-hybridized carbons (Fsp3) is 0.471. The Morgan fingerprint density at radius 1 is 1.16 bits per heavy atom. The van der Waals surface area contributed by atoms with E-state index in [-0.39, 0.29) is 0 Å². The van der Waals surface area contributed by atoms with Gasteiger partial charge in [-0.3, -0.25) is 0 Å². The van der Waals surface area contributed by atoms with Crippen LogP contribution >= 0.6 is 11.3 Å². The maximum absolute atomic E-state index is 12.5. The first-order valence-electron chi connectivity index (χ1n) is 8.45. The molecule has 1 aromatic carbocycles. The molecular formula is C17H23N3O3S2. The second kappa shape index (κ2) is 7.82. The van der Waals surface area contributed by atoms with Crippen molar-refractivity contribution < 1.29 is 13.2 Å². The van der Waals surface area contributed by atoms with Gasteiger partial charge in [-0.2, -0.15) is 4.31 Å². The van der Waals surface area contributed by atoms with Crippen molar-refractivity contribution in [2.75, 3.05) is 44.3 Å². The number of benzene rings is 1. The van der Waals surface area contributed by atoms with Crippen molar-refractivity contribution in [3.63, 3.8) is 0 Å². The molecule has 0 N–H and O–H groups in total. The predicted octanol–water partition coefficient (Wildman–Crippen LogP) is 2.68. The van der Waals surface area contributed by atoms with Gasteiger partial charge in [0.05, 0.1) is 23.8 Å². The number of thiazole rings is 1. The van der Waals surface area contributed by atoms with Crippen molar-refractivity contribution in [1.82, 2.24) is 9.29 Å². The Balaban J connectivity index is 1.80.